The summed E-state index contributed by atoms with van der Waals surface area (Å²) in [5.41, 5.74) is 2.93. The minimum Gasteiger partial charge on any atom is -0.465 e. The van der Waals surface area contributed by atoms with Gasteiger partial charge in [-0.3, -0.25) is 9.10 Å². The molecule has 1 N–H and O–H groups in total. The maximum atomic E-state index is 13.4. The Morgan fingerprint density at radius 3 is 2.45 bits per heavy atom. The number of amides is 1. The van der Waals surface area contributed by atoms with E-state index < -0.39 is 21.9 Å². The molecule has 1 aliphatic heterocycles. The smallest absolute Gasteiger partial charge is 0.337 e. The third-order valence-electron chi connectivity index (χ3n) is 5.43. The van der Waals surface area contributed by atoms with E-state index >= 15 is 0 Å². The van der Waals surface area contributed by atoms with Gasteiger partial charge >= 0.3 is 5.97 Å². The molecule has 3 aromatic carbocycles. The lowest BCUT2D eigenvalue weighted by atomic mass is 10.1. The van der Waals surface area contributed by atoms with Crippen LogP contribution in [0.4, 0.5) is 5.69 Å². The van der Waals surface area contributed by atoms with Crippen LogP contribution in [0.3, 0.4) is 0 Å². The third-order valence-corrected chi connectivity index (χ3v) is 7.73. The molecule has 9 heteroatoms. The standard InChI is InChI=1S/C24H21ClN2O5S/c1-32-24(29)18-8-6-16(7-9-18)15-26-23(28)19-10-11-20(25)22(14-19)33(30,31)27-13-12-17-4-2-3-5-21(17)27/h2-11,14H,12-13,15H2,1H3,(H,26,28). The predicted molar refractivity (Wildman–Crippen MR) is 125 cm³/mol. The molecule has 7 nitrogen and oxygen atoms in total. The molecular weight excluding hydrogens is 464 g/mol. The van der Waals surface area contributed by atoms with Crippen LogP contribution in [0.2, 0.25) is 5.02 Å². The van der Waals surface area contributed by atoms with E-state index in [9.17, 15) is 18.0 Å². The zero-order chi connectivity index (χ0) is 23.6. The lowest BCUT2D eigenvalue weighted by Crippen LogP contribution is -2.30. The van der Waals surface area contributed by atoms with Crippen LogP contribution in [0.25, 0.3) is 0 Å². The first kappa shape index (κ1) is 22.8. The van der Waals surface area contributed by atoms with Crippen molar-refractivity contribution in [2.24, 2.45) is 0 Å². The molecule has 33 heavy (non-hydrogen) atoms. The van der Waals surface area contributed by atoms with E-state index in [1.165, 1.54) is 29.6 Å². The van der Waals surface area contributed by atoms with Gasteiger partial charge in [0.05, 0.1) is 23.4 Å². The lowest BCUT2D eigenvalue weighted by molar-refractivity contribution is 0.0600. The van der Waals surface area contributed by atoms with Gasteiger partial charge in [-0.15, -0.1) is 0 Å². The quantitative estimate of drug-likeness (QED) is 0.537. The number of hydrogen-bond acceptors (Lipinski definition) is 5. The number of benzene rings is 3. The third kappa shape index (κ3) is 4.58. The van der Waals surface area contributed by atoms with Crippen molar-refractivity contribution in [2.45, 2.75) is 17.9 Å². The molecule has 0 fully saturated rings. The highest BCUT2D eigenvalue weighted by molar-refractivity contribution is 7.93. The summed E-state index contributed by atoms with van der Waals surface area (Å²) >= 11 is 6.24. The molecule has 1 aliphatic rings. The maximum Gasteiger partial charge on any atom is 0.337 e. The normalized spacial score (nSPS) is 12.8. The lowest BCUT2D eigenvalue weighted by Gasteiger charge is -2.20. The monoisotopic (exact) mass is 484 g/mol. The fraction of sp³-hybridized carbons (Fsp3) is 0.167. The van der Waals surface area contributed by atoms with Crippen molar-refractivity contribution in [3.05, 3.63) is 94.0 Å². The van der Waals surface area contributed by atoms with Gasteiger partial charge in [0.15, 0.2) is 0 Å². The molecule has 0 saturated carbocycles. The molecule has 1 amide bonds. The van der Waals surface area contributed by atoms with Crippen LogP contribution >= 0.6 is 11.6 Å². The molecule has 0 atom stereocenters. The number of methoxy groups -OCH3 is 1. The van der Waals surface area contributed by atoms with Crippen molar-refractivity contribution in [3.63, 3.8) is 0 Å². The molecule has 0 aliphatic carbocycles. The van der Waals surface area contributed by atoms with Crippen LogP contribution in [-0.2, 0) is 27.7 Å². The van der Waals surface area contributed by atoms with Crippen molar-refractivity contribution in [1.29, 1.82) is 0 Å². The van der Waals surface area contributed by atoms with Crippen molar-refractivity contribution >= 4 is 39.2 Å². The summed E-state index contributed by atoms with van der Waals surface area (Å²) in [6.07, 6.45) is 0.613. The van der Waals surface area contributed by atoms with Gasteiger partial charge in [0.2, 0.25) is 0 Å². The summed E-state index contributed by atoms with van der Waals surface area (Å²) in [4.78, 5) is 24.1. The fourth-order valence-electron chi connectivity index (χ4n) is 3.68. The predicted octanol–water partition coefficient (Wildman–Crippen LogP) is 3.81. The molecule has 170 valence electrons. The summed E-state index contributed by atoms with van der Waals surface area (Å²) in [5, 5.41) is 2.80. The Labute approximate surface area is 197 Å². The Kier molecular flexibility index (Phi) is 6.40. The van der Waals surface area contributed by atoms with Gasteiger partial charge in [0, 0.05) is 18.7 Å². The number of esters is 1. The fourth-order valence-corrected chi connectivity index (χ4v) is 5.69. The molecule has 0 spiro atoms. The number of nitrogens with zero attached hydrogens (tertiary/aromatic N) is 1. The van der Waals surface area contributed by atoms with E-state index in [1.807, 2.05) is 12.1 Å². The Balaban J connectivity index is 1.52. The number of rotatable bonds is 6. The largest absolute Gasteiger partial charge is 0.465 e. The van der Waals surface area contributed by atoms with E-state index in [-0.39, 0.29) is 22.0 Å². The van der Waals surface area contributed by atoms with E-state index in [0.717, 1.165) is 11.1 Å². The first-order valence-corrected chi connectivity index (χ1v) is 12.0. The number of carbonyl (C=O) groups is 2. The van der Waals surface area contributed by atoms with Crippen LogP contribution in [0.15, 0.2) is 71.6 Å². The highest BCUT2D eigenvalue weighted by atomic mass is 35.5. The zero-order valence-electron chi connectivity index (χ0n) is 17.7. The minimum atomic E-state index is -3.94. The second kappa shape index (κ2) is 9.25. The summed E-state index contributed by atoms with van der Waals surface area (Å²) < 4.78 is 32.7. The molecule has 0 bridgehead atoms. The number of hydrogen-bond donors (Lipinski definition) is 1. The first-order chi connectivity index (χ1) is 15.8. The molecule has 3 aromatic rings. The van der Waals surface area contributed by atoms with Gasteiger partial charge in [0.1, 0.15) is 4.90 Å². The Hall–Kier alpha value is -3.36. The number of para-hydroxylation sites is 1. The van der Waals surface area contributed by atoms with E-state index in [4.69, 9.17) is 11.6 Å². The van der Waals surface area contributed by atoms with Crippen LogP contribution in [0.1, 0.15) is 31.8 Å². The number of ether oxygens (including phenoxy) is 1. The molecule has 0 saturated heterocycles. The zero-order valence-corrected chi connectivity index (χ0v) is 19.3. The minimum absolute atomic E-state index is 0.0503. The number of carbonyl (C=O) groups excluding carboxylic acids is 2. The molecule has 0 aromatic heterocycles. The van der Waals surface area contributed by atoms with Crippen LogP contribution in [0, 0.1) is 0 Å². The molecule has 0 unspecified atom stereocenters. The topological polar surface area (TPSA) is 92.8 Å². The molecule has 1 heterocycles. The van der Waals surface area contributed by atoms with Gasteiger partial charge < -0.3 is 10.1 Å². The van der Waals surface area contributed by atoms with Crippen LogP contribution < -0.4 is 9.62 Å². The highest BCUT2D eigenvalue weighted by Crippen LogP contribution is 2.35. The number of anilines is 1. The molecular formula is C24H21ClN2O5S. The SMILES string of the molecule is COC(=O)c1ccc(CNC(=O)c2ccc(Cl)c(S(=O)(=O)N3CCc4ccccc43)c2)cc1. The van der Waals surface area contributed by atoms with E-state index in [1.54, 1.807) is 36.4 Å². The van der Waals surface area contributed by atoms with Crippen molar-refractivity contribution in [1.82, 2.24) is 5.32 Å². The van der Waals surface area contributed by atoms with Gasteiger partial charge in [-0.1, -0.05) is 41.9 Å². The Morgan fingerprint density at radius 1 is 1.03 bits per heavy atom. The average Bonchev–Trinajstić information content (AvgIpc) is 3.27. The van der Waals surface area contributed by atoms with Crippen molar-refractivity contribution in [2.75, 3.05) is 18.0 Å². The number of halogens is 1. The van der Waals surface area contributed by atoms with Gasteiger partial charge in [-0.25, -0.2) is 13.2 Å². The first-order valence-electron chi connectivity index (χ1n) is 10.2. The summed E-state index contributed by atoms with van der Waals surface area (Å²) in [7, 11) is -2.64. The Morgan fingerprint density at radius 2 is 1.73 bits per heavy atom. The number of fused-ring (bicyclic) bond motifs is 1. The van der Waals surface area contributed by atoms with Gasteiger partial charge in [-0.05, 0) is 53.9 Å². The average molecular weight is 485 g/mol. The maximum absolute atomic E-state index is 13.4. The van der Waals surface area contributed by atoms with Crippen molar-refractivity contribution in [3.8, 4) is 0 Å². The summed E-state index contributed by atoms with van der Waals surface area (Å²) in [6, 6.07) is 18.1. The number of nitrogens with one attached hydrogen (secondary N) is 1. The van der Waals surface area contributed by atoms with E-state index in [0.29, 0.717) is 24.2 Å². The van der Waals surface area contributed by atoms with E-state index in [2.05, 4.69) is 10.1 Å². The Bertz CT molecular complexity index is 1320. The summed E-state index contributed by atoms with van der Waals surface area (Å²) in [6.45, 7) is 0.514. The highest BCUT2D eigenvalue weighted by Gasteiger charge is 2.32. The van der Waals surface area contributed by atoms with Gasteiger partial charge in [0.25, 0.3) is 15.9 Å². The van der Waals surface area contributed by atoms with Gasteiger partial charge in [-0.2, -0.15) is 0 Å². The van der Waals surface area contributed by atoms with Crippen molar-refractivity contribution < 1.29 is 22.7 Å². The summed E-state index contributed by atoms with van der Waals surface area (Å²) in [5.74, 6) is -0.886. The second-order valence-corrected chi connectivity index (χ2v) is 9.71. The van der Waals surface area contributed by atoms with Crippen LogP contribution in [0.5, 0.6) is 0 Å². The molecule has 4 rings (SSSR count). The molecule has 0 radical (unpaired) electrons. The second-order valence-electron chi connectivity index (χ2n) is 7.47. The van der Waals surface area contributed by atoms with Crippen LogP contribution in [-0.4, -0.2) is 33.9 Å². The number of sulfonamides is 1.